The molecule has 1 heterocycles. The van der Waals surface area contributed by atoms with Gasteiger partial charge in [-0.3, -0.25) is 0 Å². The Morgan fingerprint density at radius 2 is 2.10 bits per heavy atom. The first-order valence-electron chi connectivity index (χ1n) is 3.24. The van der Waals surface area contributed by atoms with E-state index in [9.17, 15) is 0 Å². The summed E-state index contributed by atoms with van der Waals surface area (Å²) >= 11 is 1.58. The van der Waals surface area contributed by atoms with E-state index in [0.29, 0.717) is 0 Å². The van der Waals surface area contributed by atoms with Crippen LogP contribution in [-0.2, 0) is 19.4 Å². The number of fused-ring (bicyclic) bond motifs is 1. The van der Waals surface area contributed by atoms with Crippen LogP contribution in [0.25, 0.3) is 0 Å². The fourth-order valence-corrected chi connectivity index (χ4v) is 2.05. The molecule has 0 fully saturated rings. The molecule has 1 aliphatic heterocycles. The van der Waals surface area contributed by atoms with Crippen LogP contribution in [0.2, 0.25) is 0 Å². The Labute approximate surface area is 70.9 Å². The van der Waals surface area contributed by atoms with Gasteiger partial charge in [-0.05, 0) is 0 Å². The van der Waals surface area contributed by atoms with Gasteiger partial charge in [0.05, 0.1) is 0 Å². The van der Waals surface area contributed by atoms with Crippen LogP contribution in [0.1, 0.15) is 5.56 Å². The Balaban J connectivity index is 2.61. The average Bonchev–Trinajstić information content (AvgIpc) is 2.34. The standard InChI is InChI=1S/C8H7N.W/c1-2-4-8-7(3-1)5-6-9-8;/h1-4,9H,6H2;. The molecular weight excluding hydrogens is 294 g/mol. The van der Waals surface area contributed by atoms with E-state index in [-0.39, 0.29) is 0 Å². The van der Waals surface area contributed by atoms with Crippen molar-refractivity contribution in [3.8, 4) is 0 Å². The molecule has 0 bridgehead atoms. The first-order chi connectivity index (χ1) is 4.88. The number of hydrogen-bond donors (Lipinski definition) is 1. The Morgan fingerprint density at radius 1 is 1.30 bits per heavy atom. The van der Waals surface area contributed by atoms with Gasteiger partial charge in [0, 0.05) is 0 Å². The Bertz CT molecular complexity index is 280. The van der Waals surface area contributed by atoms with Gasteiger partial charge in [0.1, 0.15) is 0 Å². The van der Waals surface area contributed by atoms with Crippen LogP contribution in [0.3, 0.4) is 0 Å². The van der Waals surface area contributed by atoms with E-state index in [4.69, 9.17) is 0 Å². The van der Waals surface area contributed by atoms with Crippen LogP contribution < -0.4 is 5.32 Å². The van der Waals surface area contributed by atoms with Gasteiger partial charge in [0.25, 0.3) is 0 Å². The first kappa shape index (κ1) is 6.30. The number of nitrogens with one attached hydrogen (secondary N) is 1. The molecule has 0 unspecified atom stereocenters. The zero-order valence-corrected chi connectivity index (χ0v) is 8.36. The summed E-state index contributed by atoms with van der Waals surface area (Å²) in [7, 11) is 0. The van der Waals surface area contributed by atoms with E-state index in [1.54, 1.807) is 19.4 Å². The predicted molar refractivity (Wildman–Crippen MR) is 39.0 cm³/mol. The molecule has 0 aliphatic carbocycles. The first-order valence-corrected chi connectivity index (χ1v) is 4.71. The molecule has 1 aliphatic rings. The molecule has 0 spiro atoms. The van der Waals surface area contributed by atoms with Crippen molar-refractivity contribution in [3.63, 3.8) is 0 Å². The molecule has 2 heteroatoms. The number of hydrogen-bond acceptors (Lipinski definition) is 1. The van der Waals surface area contributed by atoms with Gasteiger partial charge in [-0.15, -0.1) is 0 Å². The molecule has 1 aromatic rings. The predicted octanol–water partition coefficient (Wildman–Crippen LogP) is 1.18. The molecule has 0 aromatic heterocycles. The zero-order chi connectivity index (χ0) is 6.97. The zero-order valence-electron chi connectivity index (χ0n) is 5.42. The third kappa shape index (κ3) is 0.856. The molecule has 0 atom stereocenters. The van der Waals surface area contributed by atoms with Crippen molar-refractivity contribution in [1.82, 2.24) is 0 Å². The third-order valence-electron chi connectivity index (χ3n) is 1.67. The molecule has 1 nitrogen and oxygen atoms in total. The number of anilines is 1. The monoisotopic (exact) mass is 301 g/mol. The Hall–Kier alpha value is -0.422. The SMILES string of the molecule is [W]=[C]1CNc2ccccc21. The molecule has 0 saturated carbocycles. The summed E-state index contributed by atoms with van der Waals surface area (Å²) in [5.41, 5.74) is 2.71. The summed E-state index contributed by atoms with van der Waals surface area (Å²) < 4.78 is 1.52. The van der Waals surface area contributed by atoms with Gasteiger partial charge in [-0.2, -0.15) is 0 Å². The Kier molecular flexibility index (Phi) is 1.46. The third-order valence-corrected chi connectivity index (χ3v) is 2.98. The van der Waals surface area contributed by atoms with Gasteiger partial charge >= 0.3 is 70.6 Å². The van der Waals surface area contributed by atoms with Gasteiger partial charge in [0.15, 0.2) is 0 Å². The number of para-hydroxylation sites is 1. The van der Waals surface area contributed by atoms with E-state index in [2.05, 4.69) is 29.6 Å². The molecule has 1 aromatic carbocycles. The summed E-state index contributed by atoms with van der Waals surface area (Å²) in [5, 5.41) is 3.33. The summed E-state index contributed by atoms with van der Waals surface area (Å²) in [6.45, 7) is 1.05. The van der Waals surface area contributed by atoms with Crippen LogP contribution in [-0.4, -0.2) is 10.4 Å². The van der Waals surface area contributed by atoms with Gasteiger partial charge < -0.3 is 0 Å². The van der Waals surface area contributed by atoms with Crippen molar-refractivity contribution in [2.75, 3.05) is 11.9 Å². The summed E-state index contributed by atoms with van der Waals surface area (Å²) in [4.78, 5) is 0. The van der Waals surface area contributed by atoms with Gasteiger partial charge in [-0.25, -0.2) is 0 Å². The normalized spacial score (nSPS) is 14.6. The molecular formula is C8H7NW. The van der Waals surface area contributed by atoms with E-state index in [1.165, 1.54) is 15.1 Å². The van der Waals surface area contributed by atoms with Crippen LogP contribution in [0.4, 0.5) is 5.69 Å². The maximum absolute atomic E-state index is 3.33. The second kappa shape index (κ2) is 2.32. The van der Waals surface area contributed by atoms with Crippen LogP contribution in [0.15, 0.2) is 24.3 Å². The van der Waals surface area contributed by atoms with Crippen molar-refractivity contribution >= 4 is 9.59 Å². The molecule has 50 valence electrons. The van der Waals surface area contributed by atoms with E-state index in [1.807, 2.05) is 0 Å². The van der Waals surface area contributed by atoms with Crippen molar-refractivity contribution < 1.29 is 19.4 Å². The van der Waals surface area contributed by atoms with Crippen molar-refractivity contribution in [2.45, 2.75) is 0 Å². The van der Waals surface area contributed by atoms with Crippen LogP contribution in [0.5, 0.6) is 0 Å². The molecule has 0 amide bonds. The molecule has 1 N–H and O–H groups in total. The second-order valence-corrected chi connectivity index (χ2v) is 4.09. The number of rotatable bonds is 0. The molecule has 0 saturated heterocycles. The fraction of sp³-hybridized carbons (Fsp3) is 0.125. The van der Waals surface area contributed by atoms with Gasteiger partial charge in [-0.1, -0.05) is 0 Å². The topological polar surface area (TPSA) is 12.0 Å². The van der Waals surface area contributed by atoms with E-state index >= 15 is 0 Å². The number of benzene rings is 1. The van der Waals surface area contributed by atoms with Gasteiger partial charge in [0.2, 0.25) is 0 Å². The van der Waals surface area contributed by atoms with Crippen LogP contribution in [0, 0.1) is 0 Å². The van der Waals surface area contributed by atoms with Crippen LogP contribution >= 0.6 is 0 Å². The summed E-state index contributed by atoms with van der Waals surface area (Å²) in [6.07, 6.45) is 0. The summed E-state index contributed by atoms with van der Waals surface area (Å²) in [6, 6.07) is 8.47. The average molecular weight is 301 g/mol. The molecule has 2 rings (SSSR count). The van der Waals surface area contributed by atoms with E-state index < -0.39 is 0 Å². The van der Waals surface area contributed by atoms with Crippen molar-refractivity contribution in [1.29, 1.82) is 0 Å². The summed E-state index contributed by atoms with van der Waals surface area (Å²) in [5.74, 6) is 0. The minimum atomic E-state index is 1.05. The fourth-order valence-electron chi connectivity index (χ4n) is 1.15. The Morgan fingerprint density at radius 3 is 2.90 bits per heavy atom. The van der Waals surface area contributed by atoms with E-state index in [0.717, 1.165) is 6.54 Å². The molecule has 10 heavy (non-hydrogen) atoms. The quantitative estimate of drug-likeness (QED) is 0.759. The van der Waals surface area contributed by atoms with Crippen molar-refractivity contribution in [2.24, 2.45) is 0 Å². The maximum atomic E-state index is 3.33. The van der Waals surface area contributed by atoms with Crippen molar-refractivity contribution in [3.05, 3.63) is 29.8 Å². The molecule has 0 radical (unpaired) electrons. The second-order valence-electron chi connectivity index (χ2n) is 2.32. The minimum absolute atomic E-state index is 1.05.